The average molecular weight is 109 g/mol. The molecule has 2 nitrogen and oxygen atoms in total. The van der Waals surface area contributed by atoms with Gasteiger partial charge in [-0.1, -0.05) is 0 Å². The topological polar surface area (TPSA) is 43.1 Å². The molecular formula is CH5NOP2. The van der Waals surface area contributed by atoms with Crippen LogP contribution in [0.15, 0.2) is 0 Å². The first-order chi connectivity index (χ1) is 2.27. The normalized spacial score (nSPS) is 9.80. The molecule has 0 aromatic rings. The maximum atomic E-state index is 9.58. The van der Waals surface area contributed by atoms with Crippen molar-refractivity contribution in [3.8, 4) is 0 Å². The fourth-order valence-corrected chi connectivity index (χ4v) is 0. The maximum Gasteiger partial charge on any atom is 0.239 e. The molecule has 0 bridgehead atoms. The van der Waals surface area contributed by atoms with Crippen molar-refractivity contribution >= 4 is 22.8 Å². The van der Waals surface area contributed by atoms with Crippen molar-refractivity contribution in [3.05, 3.63) is 0 Å². The van der Waals surface area contributed by atoms with E-state index in [1.807, 2.05) is 0 Å². The van der Waals surface area contributed by atoms with Crippen molar-refractivity contribution in [1.82, 2.24) is 0 Å². The van der Waals surface area contributed by atoms with Gasteiger partial charge in [-0.15, -0.1) is 8.93 Å². The number of hydrogen-bond acceptors (Lipinski definition) is 1. The lowest BCUT2D eigenvalue weighted by atomic mass is 11.5. The molecule has 0 aromatic heterocycles. The van der Waals surface area contributed by atoms with Gasteiger partial charge in [0.1, 0.15) is 0 Å². The molecule has 4 heteroatoms. The van der Waals surface area contributed by atoms with Crippen LogP contribution in [0.1, 0.15) is 0 Å². The van der Waals surface area contributed by atoms with Crippen LogP contribution in [-0.4, -0.2) is 5.65 Å². The summed E-state index contributed by atoms with van der Waals surface area (Å²) in [4.78, 5) is 9.58. The predicted octanol–water partition coefficient (Wildman–Crippen LogP) is 0.534. The minimum Gasteiger partial charge on any atom is -0.366 e. The number of primary amides is 1. The van der Waals surface area contributed by atoms with Crippen LogP contribution >= 0.6 is 17.2 Å². The van der Waals surface area contributed by atoms with E-state index in [4.69, 9.17) is 0 Å². The third kappa shape index (κ3) is 4.33. The van der Waals surface area contributed by atoms with Crippen LogP contribution in [0.25, 0.3) is 0 Å². The Kier molecular flexibility index (Phi) is 2.73. The largest absolute Gasteiger partial charge is 0.366 e. The Morgan fingerprint density at radius 1 is 2.00 bits per heavy atom. The quantitative estimate of drug-likeness (QED) is 0.490. The Balaban J connectivity index is 2.85. The van der Waals surface area contributed by atoms with E-state index in [-0.39, 0.29) is 13.9 Å². The molecule has 0 aliphatic heterocycles. The Morgan fingerprint density at radius 2 is 2.20 bits per heavy atom. The van der Waals surface area contributed by atoms with E-state index in [9.17, 15) is 4.79 Å². The standard InChI is InChI=1S/CH5NOP2/c2-1(3)5-4/h5H,4H2,(H2,2,3). The van der Waals surface area contributed by atoms with Gasteiger partial charge in [-0.3, -0.25) is 4.79 Å². The van der Waals surface area contributed by atoms with Gasteiger partial charge >= 0.3 is 0 Å². The lowest BCUT2D eigenvalue weighted by Gasteiger charge is -1.73. The van der Waals surface area contributed by atoms with Gasteiger partial charge in [0.2, 0.25) is 5.65 Å². The summed E-state index contributed by atoms with van der Waals surface area (Å²) in [6.07, 6.45) is 0. The van der Waals surface area contributed by atoms with Crippen molar-refractivity contribution in [3.63, 3.8) is 0 Å². The monoisotopic (exact) mass is 109 g/mol. The van der Waals surface area contributed by atoms with Gasteiger partial charge in [-0.2, -0.15) is 0 Å². The van der Waals surface area contributed by atoms with Crippen molar-refractivity contribution in [2.45, 2.75) is 0 Å². The number of amides is 1. The highest BCUT2D eigenvalue weighted by Crippen LogP contribution is 2.17. The molecule has 0 saturated heterocycles. The molecule has 2 atom stereocenters. The second-order valence-corrected chi connectivity index (χ2v) is 2.16. The summed E-state index contributed by atoms with van der Waals surface area (Å²) in [6.45, 7) is 0. The number of carbonyl (C=O) groups excluding carboxylic acids is 1. The fourth-order valence-electron chi connectivity index (χ4n) is 0. The van der Waals surface area contributed by atoms with Crippen molar-refractivity contribution in [1.29, 1.82) is 0 Å². The Bertz CT molecular complexity index is 44.9. The number of carbonyl (C=O) groups is 1. The zero-order valence-electron chi connectivity index (χ0n) is 2.56. The highest BCUT2D eigenvalue weighted by Gasteiger charge is 1.76. The van der Waals surface area contributed by atoms with Crippen LogP contribution in [-0.2, 0) is 0 Å². The molecule has 0 spiro atoms. The molecule has 0 aliphatic rings. The van der Waals surface area contributed by atoms with Gasteiger partial charge in [0, 0.05) is 0 Å². The Hall–Kier alpha value is 0.330. The van der Waals surface area contributed by atoms with E-state index < -0.39 is 0 Å². The first-order valence-electron chi connectivity index (χ1n) is 1.03. The number of nitrogens with two attached hydrogens (primary N) is 1. The first-order valence-corrected chi connectivity index (χ1v) is 3.84. The second kappa shape index (κ2) is 2.56. The summed E-state index contributed by atoms with van der Waals surface area (Å²) in [5.41, 5.74) is 4.39. The molecule has 0 saturated carbocycles. The molecule has 0 rings (SSSR count). The van der Waals surface area contributed by atoms with E-state index in [0.717, 1.165) is 0 Å². The summed E-state index contributed by atoms with van der Waals surface area (Å²) >= 11 is 0. The van der Waals surface area contributed by atoms with Gasteiger partial charge in [0.05, 0.1) is 0 Å². The third-order valence-electron chi connectivity index (χ3n) is 0.142. The summed E-state index contributed by atoms with van der Waals surface area (Å²) in [5.74, 6) is 0. The van der Waals surface area contributed by atoms with E-state index in [2.05, 4.69) is 14.7 Å². The van der Waals surface area contributed by atoms with Crippen molar-refractivity contribution in [2.75, 3.05) is 0 Å². The third-order valence-corrected chi connectivity index (χ3v) is 1.28. The van der Waals surface area contributed by atoms with Crippen LogP contribution < -0.4 is 5.73 Å². The smallest absolute Gasteiger partial charge is 0.239 e. The molecule has 0 radical (unpaired) electrons. The predicted molar refractivity (Wildman–Crippen MR) is 27.6 cm³/mol. The summed E-state index contributed by atoms with van der Waals surface area (Å²) in [7, 11) is 2.42. The molecule has 2 unspecified atom stereocenters. The zero-order valence-corrected chi connectivity index (χ0v) is 4.72. The van der Waals surface area contributed by atoms with Gasteiger partial charge < -0.3 is 5.73 Å². The highest BCUT2D eigenvalue weighted by atomic mass is 32.0. The van der Waals surface area contributed by atoms with Crippen LogP contribution in [0.4, 0.5) is 4.79 Å². The summed E-state index contributed by atoms with van der Waals surface area (Å²) < 4.78 is 0. The van der Waals surface area contributed by atoms with Gasteiger partial charge in [0.15, 0.2) is 0 Å². The Labute approximate surface area is 34.4 Å². The van der Waals surface area contributed by atoms with Crippen molar-refractivity contribution < 1.29 is 4.79 Å². The zero-order chi connectivity index (χ0) is 4.28. The van der Waals surface area contributed by atoms with E-state index in [1.165, 1.54) is 0 Å². The summed E-state index contributed by atoms with van der Waals surface area (Å²) in [5, 5.41) is 0. The molecular weight excluding hydrogens is 104 g/mol. The minimum atomic E-state index is -0.255. The highest BCUT2D eigenvalue weighted by molar-refractivity contribution is 8.11. The number of rotatable bonds is 1. The van der Waals surface area contributed by atoms with Crippen LogP contribution in [0, 0.1) is 0 Å². The summed E-state index contributed by atoms with van der Waals surface area (Å²) in [6, 6.07) is 0. The van der Waals surface area contributed by atoms with E-state index in [0.29, 0.717) is 0 Å². The number of hydrogen-bond donors (Lipinski definition) is 1. The molecule has 30 valence electrons. The molecule has 0 aromatic carbocycles. The SMILES string of the molecule is NC(=O)PP. The Morgan fingerprint density at radius 3 is 2.20 bits per heavy atom. The van der Waals surface area contributed by atoms with E-state index in [1.54, 1.807) is 0 Å². The van der Waals surface area contributed by atoms with Gasteiger partial charge in [-0.25, -0.2) is 0 Å². The van der Waals surface area contributed by atoms with Gasteiger partial charge in [0.25, 0.3) is 0 Å². The minimum absolute atomic E-state index is 0.170. The second-order valence-electron chi connectivity index (χ2n) is 0.509. The average Bonchev–Trinajstić information content (AvgIpc) is 1.38. The molecule has 2 N–H and O–H groups in total. The molecule has 0 fully saturated rings. The molecule has 0 heterocycles. The lowest BCUT2D eigenvalue weighted by Crippen LogP contribution is -1.96. The molecule has 0 aliphatic carbocycles. The molecule has 5 heavy (non-hydrogen) atoms. The van der Waals surface area contributed by atoms with E-state index >= 15 is 0 Å². The van der Waals surface area contributed by atoms with Gasteiger partial charge in [-0.05, 0) is 8.27 Å². The van der Waals surface area contributed by atoms with Crippen molar-refractivity contribution in [2.24, 2.45) is 5.73 Å². The van der Waals surface area contributed by atoms with Crippen LogP contribution in [0.3, 0.4) is 0 Å². The van der Waals surface area contributed by atoms with Crippen LogP contribution in [0.5, 0.6) is 0 Å². The molecule has 1 amide bonds. The van der Waals surface area contributed by atoms with Crippen LogP contribution in [0.2, 0.25) is 0 Å². The lowest BCUT2D eigenvalue weighted by molar-refractivity contribution is 0.267. The fraction of sp³-hybridized carbons (Fsp3) is 0. The first kappa shape index (κ1) is 5.33. The maximum absolute atomic E-state index is 9.58.